The van der Waals surface area contributed by atoms with E-state index < -0.39 is 0 Å². The molecule has 0 aliphatic heterocycles. The van der Waals surface area contributed by atoms with E-state index in [1.807, 2.05) is 12.4 Å². The van der Waals surface area contributed by atoms with Crippen LogP contribution in [0.3, 0.4) is 0 Å². The average molecular weight is 242 g/mol. The number of nitrogens with one attached hydrogen (secondary N) is 2. The molecule has 2 N–H and O–H groups in total. The van der Waals surface area contributed by atoms with E-state index in [1.165, 1.54) is 32.3 Å². The summed E-state index contributed by atoms with van der Waals surface area (Å²) in [4.78, 5) is 9.14. The van der Waals surface area contributed by atoms with Crippen LogP contribution in [-0.2, 0) is 0 Å². The van der Waals surface area contributed by atoms with Crippen molar-refractivity contribution in [1.29, 1.82) is 0 Å². The number of aromatic amines is 2. The van der Waals surface area contributed by atoms with Gasteiger partial charge >= 0.3 is 0 Å². The minimum atomic E-state index is 1.20. The van der Waals surface area contributed by atoms with E-state index in [0.29, 0.717) is 0 Å². The largest absolute Gasteiger partial charge is 0.360 e. The molecule has 0 fully saturated rings. The van der Waals surface area contributed by atoms with Gasteiger partial charge in [0.25, 0.3) is 0 Å². The Morgan fingerprint density at radius 3 is 1.65 bits per heavy atom. The van der Waals surface area contributed by atoms with Crippen molar-refractivity contribution in [3.05, 3.63) is 47.8 Å². The van der Waals surface area contributed by atoms with Gasteiger partial charge in [-0.1, -0.05) is 0 Å². The van der Waals surface area contributed by atoms with E-state index in [2.05, 4.69) is 48.1 Å². The van der Waals surface area contributed by atoms with Crippen molar-refractivity contribution in [2.24, 2.45) is 0 Å². The molecule has 0 atom stereocenters. The topological polar surface area (TPSA) is 31.6 Å². The summed E-state index contributed by atoms with van der Waals surface area (Å²) < 4.78 is 0. The second kappa shape index (κ2) is 3.93. The van der Waals surface area contributed by atoms with Crippen LogP contribution >= 0.6 is 11.3 Å². The van der Waals surface area contributed by atoms with Gasteiger partial charge in [-0.2, -0.15) is 0 Å². The Hall–Kier alpha value is -1.74. The first kappa shape index (κ1) is 10.4. The quantitative estimate of drug-likeness (QED) is 0.669. The summed E-state index contributed by atoms with van der Waals surface area (Å²) >= 11 is 1.80. The highest BCUT2D eigenvalue weighted by atomic mass is 32.1. The zero-order valence-electron chi connectivity index (χ0n) is 9.87. The standard InChI is InChI=1S/C14H14N2S/c1-9-5-11(15-7-9)13-3-4-14(17-13)12-6-10(2)8-16-12/h3-8,15-16H,1-2H3. The molecule has 0 aliphatic rings. The molecule has 0 unspecified atom stereocenters. The van der Waals surface area contributed by atoms with E-state index in [4.69, 9.17) is 0 Å². The van der Waals surface area contributed by atoms with Crippen molar-refractivity contribution in [2.75, 3.05) is 0 Å². The lowest BCUT2D eigenvalue weighted by Gasteiger charge is -1.91. The first-order valence-corrected chi connectivity index (χ1v) is 6.44. The predicted octanol–water partition coefficient (Wildman–Crippen LogP) is 4.36. The van der Waals surface area contributed by atoms with Crippen LogP contribution in [0, 0.1) is 13.8 Å². The van der Waals surface area contributed by atoms with E-state index in [0.717, 1.165) is 0 Å². The number of H-pyrrole nitrogens is 2. The third kappa shape index (κ3) is 1.94. The summed E-state index contributed by atoms with van der Waals surface area (Å²) in [6, 6.07) is 8.69. The second-order valence-electron chi connectivity index (χ2n) is 4.35. The van der Waals surface area contributed by atoms with Gasteiger partial charge in [-0.15, -0.1) is 11.3 Å². The Labute approximate surface area is 104 Å². The fourth-order valence-corrected chi connectivity index (χ4v) is 2.88. The number of hydrogen-bond acceptors (Lipinski definition) is 1. The average Bonchev–Trinajstić information content (AvgIpc) is 2.96. The maximum atomic E-state index is 3.29. The van der Waals surface area contributed by atoms with E-state index >= 15 is 0 Å². The lowest BCUT2D eigenvalue weighted by molar-refractivity contribution is 1.39. The Morgan fingerprint density at radius 2 is 1.29 bits per heavy atom. The molecule has 3 aromatic heterocycles. The lowest BCUT2D eigenvalue weighted by atomic mass is 10.3. The third-order valence-electron chi connectivity index (χ3n) is 2.79. The van der Waals surface area contributed by atoms with Crippen molar-refractivity contribution >= 4 is 11.3 Å². The van der Waals surface area contributed by atoms with Crippen LogP contribution in [0.15, 0.2) is 36.7 Å². The van der Waals surface area contributed by atoms with Gasteiger partial charge in [-0.05, 0) is 49.2 Å². The van der Waals surface area contributed by atoms with Crippen LogP contribution in [0.2, 0.25) is 0 Å². The molecular formula is C14H14N2S. The van der Waals surface area contributed by atoms with Gasteiger partial charge < -0.3 is 9.97 Å². The fraction of sp³-hybridized carbons (Fsp3) is 0.143. The predicted molar refractivity (Wildman–Crippen MR) is 73.4 cm³/mol. The first-order chi connectivity index (χ1) is 8.22. The minimum Gasteiger partial charge on any atom is -0.360 e. The maximum absolute atomic E-state index is 3.29. The Bertz CT molecular complexity index is 588. The monoisotopic (exact) mass is 242 g/mol. The molecule has 0 spiro atoms. The van der Waals surface area contributed by atoms with Crippen LogP contribution in [0.25, 0.3) is 21.1 Å². The molecule has 3 heterocycles. The van der Waals surface area contributed by atoms with Gasteiger partial charge in [0.1, 0.15) is 0 Å². The van der Waals surface area contributed by atoms with Crippen molar-refractivity contribution in [3.63, 3.8) is 0 Å². The first-order valence-electron chi connectivity index (χ1n) is 5.63. The Balaban J connectivity index is 1.98. The summed E-state index contributed by atoms with van der Waals surface area (Å²) in [6.07, 6.45) is 4.07. The molecule has 0 bridgehead atoms. The van der Waals surface area contributed by atoms with Gasteiger partial charge in [0, 0.05) is 12.4 Å². The van der Waals surface area contributed by atoms with Crippen LogP contribution in [-0.4, -0.2) is 9.97 Å². The van der Waals surface area contributed by atoms with E-state index in [-0.39, 0.29) is 0 Å². The van der Waals surface area contributed by atoms with E-state index in [1.54, 1.807) is 11.3 Å². The molecule has 0 aliphatic carbocycles. The molecule has 17 heavy (non-hydrogen) atoms. The van der Waals surface area contributed by atoms with E-state index in [9.17, 15) is 0 Å². The molecule has 3 heteroatoms. The molecule has 0 radical (unpaired) electrons. The van der Waals surface area contributed by atoms with Crippen molar-refractivity contribution < 1.29 is 0 Å². The third-order valence-corrected chi connectivity index (χ3v) is 3.94. The highest BCUT2D eigenvalue weighted by Crippen LogP contribution is 2.33. The maximum Gasteiger partial charge on any atom is 0.0558 e. The SMILES string of the molecule is Cc1c[nH]c(-c2ccc(-c3cc(C)c[nH]3)s2)c1. The highest BCUT2D eigenvalue weighted by molar-refractivity contribution is 7.18. The summed E-state index contributed by atoms with van der Waals surface area (Å²) in [5, 5.41) is 0. The van der Waals surface area contributed by atoms with Crippen LogP contribution < -0.4 is 0 Å². The number of rotatable bonds is 2. The molecule has 0 amide bonds. The highest BCUT2D eigenvalue weighted by Gasteiger charge is 2.07. The lowest BCUT2D eigenvalue weighted by Crippen LogP contribution is -1.67. The number of aryl methyl sites for hydroxylation is 2. The van der Waals surface area contributed by atoms with Crippen molar-refractivity contribution in [2.45, 2.75) is 13.8 Å². The second-order valence-corrected chi connectivity index (χ2v) is 5.43. The van der Waals surface area contributed by atoms with Gasteiger partial charge in [0.05, 0.1) is 21.1 Å². The molecular weight excluding hydrogens is 228 g/mol. The molecule has 0 saturated carbocycles. The Morgan fingerprint density at radius 1 is 0.824 bits per heavy atom. The van der Waals surface area contributed by atoms with Crippen LogP contribution in [0.4, 0.5) is 0 Å². The molecule has 0 aromatic carbocycles. The number of aromatic nitrogens is 2. The zero-order chi connectivity index (χ0) is 11.8. The molecule has 86 valence electrons. The summed E-state index contributed by atoms with van der Waals surface area (Å²) in [7, 11) is 0. The molecule has 0 saturated heterocycles. The number of thiophene rings is 1. The van der Waals surface area contributed by atoms with Crippen LogP contribution in [0.5, 0.6) is 0 Å². The Kier molecular flexibility index (Phi) is 2.41. The molecule has 3 aromatic rings. The zero-order valence-corrected chi connectivity index (χ0v) is 10.7. The van der Waals surface area contributed by atoms with Gasteiger partial charge in [0.15, 0.2) is 0 Å². The summed E-state index contributed by atoms with van der Waals surface area (Å²) in [6.45, 7) is 4.20. The molecule has 2 nitrogen and oxygen atoms in total. The van der Waals surface area contributed by atoms with Gasteiger partial charge in [-0.3, -0.25) is 0 Å². The smallest absolute Gasteiger partial charge is 0.0558 e. The summed E-state index contributed by atoms with van der Waals surface area (Å²) in [5.41, 5.74) is 4.93. The molecule has 3 rings (SSSR count). The van der Waals surface area contributed by atoms with Gasteiger partial charge in [-0.25, -0.2) is 0 Å². The van der Waals surface area contributed by atoms with Crippen LogP contribution in [0.1, 0.15) is 11.1 Å². The number of hydrogen-bond donors (Lipinski definition) is 2. The van der Waals surface area contributed by atoms with Crippen molar-refractivity contribution in [1.82, 2.24) is 9.97 Å². The summed E-state index contributed by atoms with van der Waals surface area (Å²) in [5.74, 6) is 0. The minimum absolute atomic E-state index is 1.20. The van der Waals surface area contributed by atoms with Gasteiger partial charge in [0.2, 0.25) is 0 Å². The van der Waals surface area contributed by atoms with Crippen molar-refractivity contribution in [3.8, 4) is 21.1 Å². The normalized spacial score (nSPS) is 10.9. The fourth-order valence-electron chi connectivity index (χ4n) is 1.92.